The quantitative estimate of drug-likeness (QED) is 0.765. The summed E-state index contributed by atoms with van der Waals surface area (Å²) in [5.74, 6) is -1.60. The molecule has 0 spiro atoms. The minimum absolute atomic E-state index is 0.123. The molecular weight excluding hydrogens is 373 g/mol. The fraction of sp³-hybridized carbons (Fsp3) is 0.467. The SMILES string of the molecule is C[C@@]1(C2CCN(S(=O)(=O)c3cccc(Cl)c3F)CC2)NC(=O)NC1=O. The lowest BCUT2D eigenvalue weighted by atomic mass is 9.79. The van der Waals surface area contributed by atoms with Gasteiger partial charge in [0.05, 0.1) is 5.02 Å². The normalized spacial score (nSPS) is 25.7. The van der Waals surface area contributed by atoms with Crippen LogP contribution in [0.2, 0.25) is 5.02 Å². The Balaban J connectivity index is 1.77. The van der Waals surface area contributed by atoms with E-state index in [1.165, 1.54) is 22.5 Å². The van der Waals surface area contributed by atoms with Crippen LogP contribution in [0.25, 0.3) is 0 Å². The van der Waals surface area contributed by atoms with Gasteiger partial charge in [0.15, 0.2) is 5.82 Å². The molecule has 0 unspecified atom stereocenters. The number of carbonyl (C=O) groups is 2. The van der Waals surface area contributed by atoms with Gasteiger partial charge in [-0.1, -0.05) is 17.7 Å². The van der Waals surface area contributed by atoms with E-state index in [1.54, 1.807) is 6.92 Å². The monoisotopic (exact) mass is 389 g/mol. The van der Waals surface area contributed by atoms with Crippen LogP contribution in [0.4, 0.5) is 9.18 Å². The van der Waals surface area contributed by atoms with Gasteiger partial charge in [-0.15, -0.1) is 0 Å². The van der Waals surface area contributed by atoms with Crippen molar-refractivity contribution >= 4 is 33.6 Å². The highest BCUT2D eigenvalue weighted by molar-refractivity contribution is 7.89. The summed E-state index contributed by atoms with van der Waals surface area (Å²) in [7, 11) is -4.02. The smallest absolute Gasteiger partial charge is 0.322 e. The highest BCUT2D eigenvalue weighted by Crippen LogP contribution is 2.33. The van der Waals surface area contributed by atoms with E-state index in [-0.39, 0.29) is 24.0 Å². The van der Waals surface area contributed by atoms with Crippen molar-refractivity contribution in [1.82, 2.24) is 14.9 Å². The molecule has 0 aromatic heterocycles. The summed E-state index contributed by atoms with van der Waals surface area (Å²) < 4.78 is 40.6. The van der Waals surface area contributed by atoms with Gasteiger partial charge >= 0.3 is 6.03 Å². The van der Waals surface area contributed by atoms with Gasteiger partial charge in [-0.25, -0.2) is 17.6 Å². The van der Waals surface area contributed by atoms with Crippen molar-refractivity contribution in [2.75, 3.05) is 13.1 Å². The van der Waals surface area contributed by atoms with Crippen LogP contribution in [0.5, 0.6) is 0 Å². The highest BCUT2D eigenvalue weighted by Gasteiger charge is 2.49. The maximum Gasteiger partial charge on any atom is 0.322 e. The number of imide groups is 1. The van der Waals surface area contributed by atoms with E-state index in [0.29, 0.717) is 12.8 Å². The molecule has 1 aromatic rings. The predicted molar refractivity (Wildman–Crippen MR) is 88.0 cm³/mol. The molecule has 2 fully saturated rings. The number of piperidine rings is 1. The van der Waals surface area contributed by atoms with Crippen molar-refractivity contribution in [1.29, 1.82) is 0 Å². The zero-order valence-corrected chi connectivity index (χ0v) is 15.0. The minimum Gasteiger partial charge on any atom is -0.323 e. The Morgan fingerprint density at radius 1 is 1.28 bits per heavy atom. The largest absolute Gasteiger partial charge is 0.323 e. The van der Waals surface area contributed by atoms with E-state index in [2.05, 4.69) is 10.6 Å². The number of sulfonamides is 1. The Kier molecular flexibility index (Phi) is 4.50. The van der Waals surface area contributed by atoms with E-state index >= 15 is 0 Å². The van der Waals surface area contributed by atoms with Gasteiger partial charge in [0.1, 0.15) is 10.4 Å². The maximum atomic E-state index is 14.1. The van der Waals surface area contributed by atoms with Crippen LogP contribution in [0.1, 0.15) is 19.8 Å². The van der Waals surface area contributed by atoms with Gasteiger partial charge in [0, 0.05) is 13.1 Å². The van der Waals surface area contributed by atoms with Crippen LogP contribution in [-0.4, -0.2) is 43.3 Å². The zero-order valence-electron chi connectivity index (χ0n) is 13.4. The first-order valence-electron chi connectivity index (χ1n) is 7.74. The van der Waals surface area contributed by atoms with Crippen molar-refractivity contribution in [2.24, 2.45) is 5.92 Å². The lowest BCUT2D eigenvalue weighted by molar-refractivity contribution is -0.125. The molecule has 0 bridgehead atoms. The Bertz CT molecular complexity index is 839. The molecule has 10 heteroatoms. The second-order valence-electron chi connectivity index (χ2n) is 6.34. The Labute approximate surface area is 149 Å². The van der Waals surface area contributed by atoms with Crippen LogP contribution < -0.4 is 10.6 Å². The summed E-state index contributed by atoms with van der Waals surface area (Å²) in [5.41, 5.74) is -1.06. The number of halogens is 2. The summed E-state index contributed by atoms with van der Waals surface area (Å²) in [6.45, 7) is 1.87. The first-order chi connectivity index (χ1) is 11.7. The first-order valence-corrected chi connectivity index (χ1v) is 9.56. The second-order valence-corrected chi connectivity index (χ2v) is 8.65. The summed E-state index contributed by atoms with van der Waals surface area (Å²) in [6, 6.07) is 3.28. The van der Waals surface area contributed by atoms with E-state index < -0.39 is 38.2 Å². The highest BCUT2D eigenvalue weighted by atomic mass is 35.5. The van der Waals surface area contributed by atoms with Crippen LogP contribution >= 0.6 is 11.6 Å². The van der Waals surface area contributed by atoms with Crippen LogP contribution in [0.3, 0.4) is 0 Å². The number of rotatable bonds is 3. The number of nitrogens with zero attached hydrogens (tertiary/aromatic N) is 1. The topological polar surface area (TPSA) is 95.6 Å². The van der Waals surface area contributed by atoms with Crippen molar-refractivity contribution in [3.63, 3.8) is 0 Å². The maximum absolute atomic E-state index is 14.1. The number of amides is 3. The number of carbonyl (C=O) groups excluding carboxylic acids is 2. The van der Waals surface area contributed by atoms with Crippen LogP contribution in [0.15, 0.2) is 23.1 Å². The third-order valence-corrected chi connectivity index (χ3v) is 7.08. The Morgan fingerprint density at radius 2 is 1.92 bits per heavy atom. The molecule has 2 N–H and O–H groups in total. The molecule has 3 amide bonds. The molecule has 2 aliphatic rings. The average molecular weight is 390 g/mol. The van der Waals surface area contributed by atoms with Crippen molar-refractivity contribution in [2.45, 2.75) is 30.2 Å². The lowest BCUT2D eigenvalue weighted by Crippen LogP contribution is -2.54. The van der Waals surface area contributed by atoms with E-state index in [4.69, 9.17) is 11.6 Å². The fourth-order valence-electron chi connectivity index (χ4n) is 3.34. The number of urea groups is 1. The summed E-state index contributed by atoms with van der Waals surface area (Å²) >= 11 is 5.67. The molecule has 2 heterocycles. The second kappa shape index (κ2) is 6.22. The predicted octanol–water partition coefficient (Wildman–Crippen LogP) is 1.48. The molecular formula is C15H17ClFN3O4S. The fourth-order valence-corrected chi connectivity index (χ4v) is 5.13. The summed E-state index contributed by atoms with van der Waals surface area (Å²) in [6.07, 6.45) is 0.733. The van der Waals surface area contributed by atoms with Crippen LogP contribution in [-0.2, 0) is 14.8 Å². The standard InChI is InChI=1S/C15H17ClFN3O4S/c1-15(13(21)18-14(22)19-15)9-5-7-20(8-6-9)25(23,24)11-4-2-3-10(16)12(11)17/h2-4,9H,5-8H2,1H3,(H2,18,19,21,22)/t15-/m0/s1. The third-order valence-electron chi connectivity index (χ3n) is 4.88. The number of hydrogen-bond donors (Lipinski definition) is 2. The molecule has 136 valence electrons. The summed E-state index contributed by atoms with van der Waals surface area (Å²) in [5, 5.41) is 4.55. The first kappa shape index (κ1) is 18.1. The van der Waals surface area contributed by atoms with Gasteiger partial charge in [0.25, 0.3) is 5.91 Å². The Morgan fingerprint density at radius 3 is 2.48 bits per heavy atom. The number of hydrogen-bond acceptors (Lipinski definition) is 4. The van der Waals surface area contributed by atoms with Gasteiger partial charge in [-0.2, -0.15) is 4.31 Å². The molecule has 0 saturated carbocycles. The molecule has 1 aromatic carbocycles. The van der Waals surface area contributed by atoms with Gasteiger partial charge in [-0.3, -0.25) is 10.1 Å². The number of benzene rings is 1. The van der Waals surface area contributed by atoms with Gasteiger partial charge in [0.2, 0.25) is 10.0 Å². The van der Waals surface area contributed by atoms with Crippen LogP contribution in [0, 0.1) is 11.7 Å². The average Bonchev–Trinajstić information content (AvgIpc) is 2.83. The number of nitrogens with one attached hydrogen (secondary N) is 2. The molecule has 2 saturated heterocycles. The zero-order chi connectivity index (χ0) is 18.4. The minimum atomic E-state index is -4.02. The lowest BCUT2D eigenvalue weighted by Gasteiger charge is -2.38. The molecule has 25 heavy (non-hydrogen) atoms. The van der Waals surface area contributed by atoms with E-state index in [0.717, 1.165) is 0 Å². The van der Waals surface area contributed by atoms with Crippen molar-refractivity contribution in [3.05, 3.63) is 29.0 Å². The van der Waals surface area contributed by atoms with E-state index in [1.807, 2.05) is 0 Å². The molecule has 1 atom stereocenters. The Hall–Kier alpha value is -1.71. The summed E-state index contributed by atoms with van der Waals surface area (Å²) in [4.78, 5) is 22.9. The van der Waals surface area contributed by atoms with Gasteiger partial charge in [-0.05, 0) is 37.8 Å². The van der Waals surface area contributed by atoms with Gasteiger partial charge < -0.3 is 5.32 Å². The molecule has 2 aliphatic heterocycles. The van der Waals surface area contributed by atoms with Crippen molar-refractivity contribution in [3.8, 4) is 0 Å². The third kappa shape index (κ3) is 3.00. The molecule has 0 aliphatic carbocycles. The molecule has 3 rings (SSSR count). The molecule has 0 radical (unpaired) electrons. The molecule has 7 nitrogen and oxygen atoms in total. The van der Waals surface area contributed by atoms with E-state index in [9.17, 15) is 22.4 Å². The van der Waals surface area contributed by atoms with Crippen molar-refractivity contribution < 1.29 is 22.4 Å².